The Labute approximate surface area is 85.3 Å². The first-order valence-corrected chi connectivity index (χ1v) is 6.23. The van der Waals surface area contributed by atoms with Gasteiger partial charge in [0.15, 0.2) is 17.5 Å². The summed E-state index contributed by atoms with van der Waals surface area (Å²) in [5.41, 5.74) is -0.362. The second-order valence-corrected chi connectivity index (χ2v) is 5.86. The maximum Gasteiger partial charge on any atom is 0.196 e. The number of benzene rings is 1. The van der Waals surface area contributed by atoms with Gasteiger partial charge in [-0.1, -0.05) is 0 Å². The van der Waals surface area contributed by atoms with Gasteiger partial charge in [-0.2, -0.15) is 4.36 Å². The number of halogens is 3. The zero-order chi connectivity index (χ0) is 11.1. The minimum Gasteiger partial charge on any atom is -0.249 e. The summed E-state index contributed by atoms with van der Waals surface area (Å²) >= 11 is 0. The van der Waals surface area contributed by atoms with E-state index >= 15 is 0 Å². The highest BCUT2D eigenvalue weighted by atomic mass is 32.2. The SMILES string of the molecule is O=S1(=Nc2ccc(F)c(F)c2F)CCC1. The van der Waals surface area contributed by atoms with Gasteiger partial charge in [0.05, 0.1) is 9.73 Å². The molecule has 1 saturated heterocycles. The highest BCUT2D eigenvalue weighted by Gasteiger charge is 2.21. The minimum atomic E-state index is -2.40. The van der Waals surface area contributed by atoms with Crippen molar-refractivity contribution in [3.05, 3.63) is 29.6 Å². The van der Waals surface area contributed by atoms with Crippen LogP contribution in [0.4, 0.5) is 18.9 Å². The average Bonchev–Trinajstić information content (AvgIpc) is 2.17. The van der Waals surface area contributed by atoms with Crippen molar-refractivity contribution in [2.45, 2.75) is 6.42 Å². The topological polar surface area (TPSA) is 29.4 Å². The third-order valence-electron chi connectivity index (χ3n) is 2.21. The van der Waals surface area contributed by atoms with Gasteiger partial charge >= 0.3 is 0 Å². The largest absolute Gasteiger partial charge is 0.249 e. The molecule has 0 atom stereocenters. The van der Waals surface area contributed by atoms with Crippen LogP contribution >= 0.6 is 0 Å². The molecule has 6 heteroatoms. The molecule has 1 aliphatic rings. The van der Waals surface area contributed by atoms with Crippen LogP contribution < -0.4 is 0 Å². The van der Waals surface area contributed by atoms with Crippen molar-refractivity contribution in [1.82, 2.24) is 0 Å². The third kappa shape index (κ3) is 1.86. The van der Waals surface area contributed by atoms with Crippen molar-refractivity contribution >= 4 is 15.4 Å². The summed E-state index contributed by atoms with van der Waals surface area (Å²) in [7, 11) is -2.40. The maximum atomic E-state index is 13.1. The van der Waals surface area contributed by atoms with Gasteiger partial charge in [0.2, 0.25) is 0 Å². The second-order valence-electron chi connectivity index (χ2n) is 3.32. The summed E-state index contributed by atoms with van der Waals surface area (Å²) in [5, 5.41) is 0. The van der Waals surface area contributed by atoms with Crippen LogP contribution in [-0.4, -0.2) is 15.7 Å². The molecule has 2 rings (SSSR count). The van der Waals surface area contributed by atoms with Crippen molar-refractivity contribution < 1.29 is 17.4 Å². The first-order valence-electron chi connectivity index (χ1n) is 4.38. The lowest BCUT2D eigenvalue weighted by atomic mass is 10.3. The smallest absolute Gasteiger partial charge is 0.196 e. The highest BCUT2D eigenvalue weighted by Crippen LogP contribution is 2.26. The molecule has 1 heterocycles. The first-order chi connectivity index (χ1) is 7.02. The Morgan fingerprint density at radius 2 is 1.80 bits per heavy atom. The third-order valence-corrected chi connectivity index (χ3v) is 4.59. The van der Waals surface area contributed by atoms with E-state index in [0.717, 1.165) is 18.6 Å². The van der Waals surface area contributed by atoms with Gasteiger partial charge in [-0.3, -0.25) is 0 Å². The number of hydrogen-bond acceptors (Lipinski definition) is 2. The van der Waals surface area contributed by atoms with Gasteiger partial charge in [0.25, 0.3) is 0 Å². The standard InChI is InChI=1S/C9H8F3NOS/c10-6-2-3-7(9(12)8(6)11)13-15(14)4-1-5-15/h2-3H,1,4-5H2. The predicted molar refractivity (Wildman–Crippen MR) is 50.9 cm³/mol. The molecule has 0 unspecified atom stereocenters. The van der Waals surface area contributed by atoms with Gasteiger partial charge < -0.3 is 0 Å². The Hall–Kier alpha value is -1.04. The van der Waals surface area contributed by atoms with E-state index in [-0.39, 0.29) is 5.69 Å². The van der Waals surface area contributed by atoms with E-state index in [2.05, 4.69) is 4.36 Å². The fraction of sp³-hybridized carbons (Fsp3) is 0.333. The normalized spacial score (nSPS) is 18.3. The zero-order valence-corrected chi connectivity index (χ0v) is 8.49. The molecule has 15 heavy (non-hydrogen) atoms. The molecular formula is C9H8F3NOS. The fourth-order valence-electron chi connectivity index (χ4n) is 1.25. The molecule has 0 saturated carbocycles. The van der Waals surface area contributed by atoms with Crippen LogP contribution in [0.2, 0.25) is 0 Å². The van der Waals surface area contributed by atoms with E-state index in [1.54, 1.807) is 0 Å². The fourth-order valence-corrected chi connectivity index (χ4v) is 2.71. The van der Waals surface area contributed by atoms with Crippen LogP contribution in [0.5, 0.6) is 0 Å². The van der Waals surface area contributed by atoms with Crippen LogP contribution in [0.15, 0.2) is 16.5 Å². The van der Waals surface area contributed by atoms with Crippen LogP contribution in [0, 0.1) is 17.5 Å². The van der Waals surface area contributed by atoms with E-state index in [1.807, 2.05) is 0 Å². The van der Waals surface area contributed by atoms with Gasteiger partial charge in [-0.15, -0.1) is 0 Å². The van der Waals surface area contributed by atoms with Gasteiger partial charge in [-0.25, -0.2) is 17.4 Å². The molecular weight excluding hydrogens is 227 g/mol. The summed E-state index contributed by atoms with van der Waals surface area (Å²) < 4.78 is 53.7. The van der Waals surface area contributed by atoms with E-state index in [9.17, 15) is 17.4 Å². The predicted octanol–water partition coefficient (Wildman–Crippen LogP) is 2.61. The van der Waals surface area contributed by atoms with E-state index in [4.69, 9.17) is 0 Å². The first kappa shape index (κ1) is 10.5. The Balaban J connectivity index is 2.51. The van der Waals surface area contributed by atoms with Crippen LogP contribution in [-0.2, 0) is 9.73 Å². The van der Waals surface area contributed by atoms with E-state index in [0.29, 0.717) is 11.5 Å². The quantitative estimate of drug-likeness (QED) is 0.688. The molecule has 82 valence electrons. The van der Waals surface area contributed by atoms with Gasteiger partial charge in [0, 0.05) is 11.5 Å². The van der Waals surface area contributed by atoms with Crippen LogP contribution in [0.1, 0.15) is 6.42 Å². The molecule has 2 nitrogen and oxygen atoms in total. The molecule has 1 aromatic rings. The monoisotopic (exact) mass is 235 g/mol. The lowest BCUT2D eigenvalue weighted by Crippen LogP contribution is -2.23. The Kier molecular flexibility index (Phi) is 2.46. The van der Waals surface area contributed by atoms with Crippen molar-refractivity contribution in [1.29, 1.82) is 0 Å². The molecule has 1 aliphatic heterocycles. The Morgan fingerprint density at radius 3 is 2.33 bits per heavy atom. The zero-order valence-electron chi connectivity index (χ0n) is 7.67. The lowest BCUT2D eigenvalue weighted by Gasteiger charge is -2.17. The Bertz CT molecular complexity index is 510. The molecule has 1 aromatic carbocycles. The maximum absolute atomic E-state index is 13.1. The minimum absolute atomic E-state index is 0.362. The van der Waals surface area contributed by atoms with Crippen molar-refractivity contribution in [3.63, 3.8) is 0 Å². The molecule has 0 radical (unpaired) electrons. The molecule has 1 fully saturated rings. The lowest BCUT2D eigenvalue weighted by molar-refractivity contribution is 0.448. The summed E-state index contributed by atoms with van der Waals surface area (Å²) in [6.45, 7) is 0. The summed E-state index contributed by atoms with van der Waals surface area (Å²) in [4.78, 5) is 0. The van der Waals surface area contributed by atoms with Crippen molar-refractivity contribution in [2.24, 2.45) is 4.36 Å². The van der Waals surface area contributed by atoms with E-state index < -0.39 is 27.2 Å². The van der Waals surface area contributed by atoms with Gasteiger partial charge in [-0.05, 0) is 18.6 Å². The summed E-state index contributed by atoms with van der Waals surface area (Å²) in [6.07, 6.45) is 0.771. The summed E-state index contributed by atoms with van der Waals surface area (Å²) in [5.74, 6) is -3.42. The van der Waals surface area contributed by atoms with Crippen LogP contribution in [0.25, 0.3) is 0 Å². The number of nitrogens with zero attached hydrogens (tertiary/aromatic N) is 1. The van der Waals surface area contributed by atoms with Crippen molar-refractivity contribution in [3.8, 4) is 0 Å². The highest BCUT2D eigenvalue weighted by molar-refractivity contribution is 7.95. The molecule has 0 aromatic heterocycles. The number of hydrogen-bond donors (Lipinski definition) is 0. The Morgan fingerprint density at radius 1 is 1.13 bits per heavy atom. The summed E-state index contributed by atoms with van der Waals surface area (Å²) in [6, 6.07) is 1.78. The van der Waals surface area contributed by atoms with Crippen LogP contribution in [0.3, 0.4) is 0 Å². The molecule has 0 amide bonds. The molecule has 0 bridgehead atoms. The average molecular weight is 235 g/mol. The van der Waals surface area contributed by atoms with Crippen molar-refractivity contribution in [2.75, 3.05) is 11.5 Å². The molecule has 0 aliphatic carbocycles. The molecule has 0 N–H and O–H groups in total. The van der Waals surface area contributed by atoms with Gasteiger partial charge in [0.1, 0.15) is 5.69 Å². The molecule has 0 spiro atoms. The second kappa shape index (κ2) is 3.52. The van der Waals surface area contributed by atoms with E-state index in [1.165, 1.54) is 0 Å². The number of rotatable bonds is 1.